The molecule has 0 unspecified atom stereocenters. The monoisotopic (exact) mass is 273 g/mol. The molecule has 0 aliphatic heterocycles. The van der Waals surface area contributed by atoms with Crippen molar-refractivity contribution >= 4 is 17.6 Å². The lowest BCUT2D eigenvalue weighted by Crippen LogP contribution is -2.21. The zero-order valence-corrected chi connectivity index (χ0v) is 11.9. The highest BCUT2D eigenvalue weighted by Gasteiger charge is 2.11. The molecule has 1 aromatic heterocycles. The van der Waals surface area contributed by atoms with Gasteiger partial charge in [-0.3, -0.25) is 9.48 Å². The Morgan fingerprint density at radius 3 is 2.83 bits per heavy atom. The van der Waals surface area contributed by atoms with Gasteiger partial charge in [-0.2, -0.15) is 5.10 Å². The average Bonchev–Trinajstić information content (AvgIpc) is 2.62. The van der Waals surface area contributed by atoms with Crippen molar-refractivity contribution in [1.82, 2.24) is 15.1 Å². The minimum absolute atomic E-state index is 0.184. The van der Waals surface area contributed by atoms with Gasteiger partial charge in [-0.15, -0.1) is 0 Å². The number of ether oxygens (including phenoxy) is 1. The van der Waals surface area contributed by atoms with E-state index in [1.165, 1.54) is 0 Å². The highest BCUT2D eigenvalue weighted by atomic mass is 35.5. The summed E-state index contributed by atoms with van der Waals surface area (Å²) >= 11 is 6.17. The first kappa shape index (κ1) is 15.0. The maximum Gasteiger partial charge on any atom is 0.307 e. The average molecular weight is 274 g/mol. The number of aromatic nitrogens is 2. The highest BCUT2D eigenvalue weighted by Crippen LogP contribution is 2.19. The lowest BCUT2D eigenvalue weighted by Gasteiger charge is -2.07. The van der Waals surface area contributed by atoms with Crippen molar-refractivity contribution in [3.8, 4) is 0 Å². The molecule has 1 heterocycles. The fourth-order valence-electron chi connectivity index (χ4n) is 1.67. The van der Waals surface area contributed by atoms with Crippen molar-refractivity contribution in [3.05, 3.63) is 16.4 Å². The third-order valence-electron chi connectivity index (χ3n) is 2.56. The third kappa shape index (κ3) is 3.99. The Morgan fingerprint density at radius 1 is 1.50 bits per heavy atom. The molecular formula is C12H20ClN3O2. The lowest BCUT2D eigenvalue weighted by molar-refractivity contribution is -0.142. The lowest BCUT2D eigenvalue weighted by atomic mass is 10.3. The number of nitrogens with one attached hydrogen (secondary N) is 1. The van der Waals surface area contributed by atoms with E-state index in [1.54, 1.807) is 6.92 Å². The second kappa shape index (κ2) is 7.38. The first-order valence-electron chi connectivity index (χ1n) is 6.18. The number of carbonyl (C=O) groups is 1. The molecule has 18 heavy (non-hydrogen) atoms. The van der Waals surface area contributed by atoms with E-state index < -0.39 is 0 Å². The summed E-state index contributed by atoms with van der Waals surface area (Å²) in [6, 6.07) is 0. The number of hydrogen-bond donors (Lipinski definition) is 1. The van der Waals surface area contributed by atoms with Crippen LogP contribution in [0.3, 0.4) is 0 Å². The molecule has 0 radical (unpaired) electrons. The van der Waals surface area contributed by atoms with Gasteiger partial charge in [0.2, 0.25) is 0 Å². The van der Waals surface area contributed by atoms with Crippen LogP contribution in [0, 0.1) is 6.92 Å². The number of carbonyl (C=O) groups excluding carboxylic acids is 1. The predicted octanol–water partition coefficient (Wildman–Crippen LogP) is 1.91. The fourth-order valence-corrected chi connectivity index (χ4v) is 1.87. The molecule has 6 heteroatoms. The van der Waals surface area contributed by atoms with Gasteiger partial charge >= 0.3 is 5.97 Å². The summed E-state index contributed by atoms with van der Waals surface area (Å²) in [5.74, 6) is -0.184. The standard InChI is InChI=1S/C12H20ClN3O2/c1-4-16-10(12(13)9(3)15-16)8-14-7-6-11(17)18-5-2/h14H,4-8H2,1-3H3. The van der Waals surface area contributed by atoms with Gasteiger partial charge in [0.15, 0.2) is 0 Å². The van der Waals surface area contributed by atoms with E-state index in [0.29, 0.717) is 31.1 Å². The molecule has 102 valence electrons. The Morgan fingerprint density at radius 2 is 2.22 bits per heavy atom. The maximum absolute atomic E-state index is 11.1. The summed E-state index contributed by atoms with van der Waals surface area (Å²) in [6.07, 6.45) is 0.366. The molecule has 0 amide bonds. The second-order valence-corrected chi connectivity index (χ2v) is 4.27. The molecule has 0 saturated carbocycles. The highest BCUT2D eigenvalue weighted by molar-refractivity contribution is 6.31. The van der Waals surface area contributed by atoms with Crippen LogP contribution in [0.1, 0.15) is 31.7 Å². The molecule has 0 atom stereocenters. The Hall–Kier alpha value is -1.07. The van der Waals surface area contributed by atoms with Crippen LogP contribution in [-0.2, 0) is 22.6 Å². The van der Waals surface area contributed by atoms with E-state index >= 15 is 0 Å². The second-order valence-electron chi connectivity index (χ2n) is 3.89. The van der Waals surface area contributed by atoms with Gasteiger partial charge in [0.05, 0.1) is 29.4 Å². The van der Waals surface area contributed by atoms with E-state index in [0.717, 1.165) is 17.9 Å². The van der Waals surface area contributed by atoms with E-state index in [4.69, 9.17) is 16.3 Å². The van der Waals surface area contributed by atoms with Gasteiger partial charge < -0.3 is 10.1 Å². The van der Waals surface area contributed by atoms with Crippen molar-refractivity contribution in [2.24, 2.45) is 0 Å². The molecule has 0 spiro atoms. The summed E-state index contributed by atoms with van der Waals surface area (Å²) in [4.78, 5) is 11.1. The van der Waals surface area contributed by atoms with Gasteiger partial charge in [0, 0.05) is 19.6 Å². The molecule has 5 nitrogen and oxygen atoms in total. The Kier molecular flexibility index (Phi) is 6.15. The van der Waals surface area contributed by atoms with Crippen LogP contribution in [-0.4, -0.2) is 28.9 Å². The molecule has 0 bridgehead atoms. The molecule has 0 aliphatic carbocycles. The summed E-state index contributed by atoms with van der Waals surface area (Å²) < 4.78 is 6.71. The minimum atomic E-state index is -0.184. The molecule has 0 saturated heterocycles. The molecule has 1 aromatic rings. The Balaban J connectivity index is 2.42. The largest absolute Gasteiger partial charge is 0.466 e. The maximum atomic E-state index is 11.1. The van der Waals surface area contributed by atoms with Crippen LogP contribution in [0.25, 0.3) is 0 Å². The summed E-state index contributed by atoms with van der Waals surface area (Å²) in [5, 5.41) is 8.19. The number of hydrogen-bond acceptors (Lipinski definition) is 4. The smallest absolute Gasteiger partial charge is 0.307 e. The van der Waals surface area contributed by atoms with Crippen molar-refractivity contribution in [2.45, 2.75) is 40.3 Å². The topological polar surface area (TPSA) is 56.1 Å². The van der Waals surface area contributed by atoms with Crippen molar-refractivity contribution in [3.63, 3.8) is 0 Å². The molecule has 0 aromatic carbocycles. The van der Waals surface area contributed by atoms with Gasteiger partial charge in [-0.25, -0.2) is 0 Å². The Labute approximate surface area is 112 Å². The first-order chi connectivity index (χ1) is 8.60. The van der Waals surface area contributed by atoms with E-state index in [1.807, 2.05) is 18.5 Å². The first-order valence-corrected chi connectivity index (χ1v) is 6.56. The third-order valence-corrected chi connectivity index (χ3v) is 3.05. The van der Waals surface area contributed by atoms with Crippen LogP contribution in [0.15, 0.2) is 0 Å². The molecule has 0 fully saturated rings. The Bertz CT molecular complexity index is 404. The zero-order chi connectivity index (χ0) is 13.5. The number of aryl methyl sites for hydroxylation is 2. The number of halogens is 1. The molecule has 1 rings (SSSR count). The minimum Gasteiger partial charge on any atom is -0.466 e. The van der Waals surface area contributed by atoms with E-state index in [9.17, 15) is 4.79 Å². The SMILES string of the molecule is CCOC(=O)CCNCc1c(Cl)c(C)nn1CC. The van der Waals surface area contributed by atoms with Gasteiger partial charge in [-0.1, -0.05) is 11.6 Å². The van der Waals surface area contributed by atoms with Crippen LogP contribution >= 0.6 is 11.6 Å². The van der Waals surface area contributed by atoms with Crippen LogP contribution < -0.4 is 5.32 Å². The molecule has 0 aliphatic rings. The van der Waals surface area contributed by atoms with Crippen LogP contribution in [0.5, 0.6) is 0 Å². The molecule has 1 N–H and O–H groups in total. The normalized spacial score (nSPS) is 10.7. The quantitative estimate of drug-likeness (QED) is 0.609. The summed E-state index contributed by atoms with van der Waals surface area (Å²) in [5.41, 5.74) is 1.79. The van der Waals surface area contributed by atoms with Gasteiger partial charge in [0.25, 0.3) is 0 Å². The van der Waals surface area contributed by atoms with Crippen molar-refractivity contribution < 1.29 is 9.53 Å². The van der Waals surface area contributed by atoms with E-state index in [2.05, 4.69) is 10.4 Å². The number of rotatable bonds is 7. The van der Waals surface area contributed by atoms with Gasteiger partial charge in [0.1, 0.15) is 0 Å². The van der Waals surface area contributed by atoms with Crippen molar-refractivity contribution in [2.75, 3.05) is 13.2 Å². The molecular weight excluding hydrogens is 254 g/mol. The number of esters is 1. The van der Waals surface area contributed by atoms with Crippen LogP contribution in [0.4, 0.5) is 0 Å². The summed E-state index contributed by atoms with van der Waals surface area (Å²) in [6.45, 7) is 8.08. The van der Waals surface area contributed by atoms with E-state index in [-0.39, 0.29) is 5.97 Å². The zero-order valence-electron chi connectivity index (χ0n) is 11.1. The number of nitrogens with zero attached hydrogens (tertiary/aromatic N) is 2. The fraction of sp³-hybridized carbons (Fsp3) is 0.667. The van der Waals surface area contributed by atoms with Gasteiger partial charge in [-0.05, 0) is 20.8 Å². The van der Waals surface area contributed by atoms with Crippen LogP contribution in [0.2, 0.25) is 5.02 Å². The predicted molar refractivity (Wildman–Crippen MR) is 70.6 cm³/mol. The summed E-state index contributed by atoms with van der Waals surface area (Å²) in [7, 11) is 0. The van der Waals surface area contributed by atoms with Crippen molar-refractivity contribution in [1.29, 1.82) is 0 Å².